The van der Waals surface area contributed by atoms with E-state index in [1.54, 1.807) is 0 Å². The van der Waals surface area contributed by atoms with Crippen LogP contribution < -0.4 is 10.5 Å². The van der Waals surface area contributed by atoms with Crippen molar-refractivity contribution >= 4 is 17.3 Å². The number of hydrogen-bond donors (Lipinski definition) is 1. The lowest BCUT2D eigenvalue weighted by Gasteiger charge is -2.11. The van der Waals surface area contributed by atoms with Crippen molar-refractivity contribution in [3.63, 3.8) is 0 Å². The number of ether oxygens (including phenoxy) is 1. The number of benzene rings is 1. The molecule has 1 aromatic carbocycles. The van der Waals surface area contributed by atoms with Gasteiger partial charge in [-0.15, -0.1) is 0 Å². The predicted molar refractivity (Wildman–Crippen MR) is 52.0 cm³/mol. The van der Waals surface area contributed by atoms with E-state index in [0.717, 1.165) is 12.1 Å². The van der Waals surface area contributed by atoms with Crippen LogP contribution in [0.3, 0.4) is 0 Å². The maximum atomic E-state index is 12.8. The van der Waals surface area contributed by atoms with Gasteiger partial charge < -0.3 is 10.5 Å². The molecule has 1 rings (SSSR count). The Balaban J connectivity index is 2.64. The van der Waals surface area contributed by atoms with Gasteiger partial charge in [-0.25, -0.2) is 4.39 Å². The Morgan fingerprint density at radius 2 is 1.94 bits per heavy atom. The van der Waals surface area contributed by atoms with Gasteiger partial charge in [0.05, 0.1) is 23.7 Å². The van der Waals surface area contributed by atoms with Crippen LogP contribution >= 0.6 is 11.6 Å². The molecule has 0 radical (unpaired) electrons. The molecule has 0 aliphatic rings. The molecule has 0 heterocycles. The van der Waals surface area contributed by atoms with Crippen LogP contribution in [0.15, 0.2) is 12.1 Å². The van der Waals surface area contributed by atoms with Crippen LogP contribution in [-0.4, -0.2) is 12.8 Å². The van der Waals surface area contributed by atoms with E-state index in [-0.39, 0.29) is 16.5 Å². The van der Waals surface area contributed by atoms with Crippen molar-refractivity contribution in [2.24, 2.45) is 0 Å². The Bertz CT molecular complexity index is 381. The molecular formula is C9H8ClF4NO. The first-order valence-corrected chi connectivity index (χ1v) is 4.61. The maximum absolute atomic E-state index is 12.8. The summed E-state index contributed by atoms with van der Waals surface area (Å²) < 4.78 is 53.0. The molecule has 7 heteroatoms. The van der Waals surface area contributed by atoms with Crippen molar-refractivity contribution in [2.75, 3.05) is 12.3 Å². The van der Waals surface area contributed by atoms with Crippen LogP contribution in [0, 0.1) is 5.82 Å². The van der Waals surface area contributed by atoms with E-state index in [0.29, 0.717) is 0 Å². The van der Waals surface area contributed by atoms with Gasteiger partial charge in [-0.1, -0.05) is 11.6 Å². The van der Waals surface area contributed by atoms with E-state index >= 15 is 0 Å². The Morgan fingerprint density at radius 3 is 2.50 bits per heavy atom. The van der Waals surface area contributed by atoms with Gasteiger partial charge >= 0.3 is 6.18 Å². The molecule has 0 saturated heterocycles. The lowest BCUT2D eigenvalue weighted by Crippen LogP contribution is -2.13. The van der Waals surface area contributed by atoms with Crippen molar-refractivity contribution in [3.8, 4) is 5.75 Å². The minimum absolute atomic E-state index is 0.0596. The van der Waals surface area contributed by atoms with Crippen LogP contribution in [0.25, 0.3) is 0 Å². The van der Waals surface area contributed by atoms with E-state index in [9.17, 15) is 17.6 Å². The molecule has 0 aliphatic heterocycles. The number of halogens is 5. The largest absolute Gasteiger partial charge is 0.491 e. The first-order valence-electron chi connectivity index (χ1n) is 4.23. The fourth-order valence-electron chi connectivity index (χ4n) is 0.946. The average molecular weight is 258 g/mol. The third kappa shape index (κ3) is 3.77. The summed E-state index contributed by atoms with van der Waals surface area (Å²) in [5.74, 6) is -0.807. The molecule has 90 valence electrons. The zero-order valence-corrected chi connectivity index (χ0v) is 8.70. The molecule has 0 aliphatic carbocycles. The third-order valence-electron chi connectivity index (χ3n) is 1.70. The standard InChI is InChI=1S/C9H8ClF4NO/c10-5-3-8(7(15)4-6(5)11)16-2-1-9(12,13)14/h3-4H,1-2,15H2. The number of alkyl halides is 3. The molecule has 0 amide bonds. The van der Waals surface area contributed by atoms with Crippen LogP contribution in [0.5, 0.6) is 5.75 Å². The minimum atomic E-state index is -4.31. The second kappa shape index (κ2) is 4.78. The van der Waals surface area contributed by atoms with Gasteiger partial charge in [-0.3, -0.25) is 0 Å². The SMILES string of the molecule is Nc1cc(F)c(Cl)cc1OCCC(F)(F)F. The zero-order chi connectivity index (χ0) is 12.3. The lowest BCUT2D eigenvalue weighted by molar-refractivity contribution is -0.139. The molecule has 16 heavy (non-hydrogen) atoms. The monoisotopic (exact) mass is 257 g/mol. The van der Waals surface area contributed by atoms with Gasteiger partial charge in [0, 0.05) is 12.1 Å². The first kappa shape index (κ1) is 12.9. The van der Waals surface area contributed by atoms with Gasteiger partial charge in [-0.2, -0.15) is 13.2 Å². The molecule has 0 atom stereocenters. The molecule has 0 fully saturated rings. The summed E-state index contributed by atoms with van der Waals surface area (Å²) in [6.07, 6.45) is -5.42. The maximum Gasteiger partial charge on any atom is 0.392 e. The fraction of sp³-hybridized carbons (Fsp3) is 0.333. The molecule has 0 aromatic heterocycles. The van der Waals surface area contributed by atoms with Crippen LogP contribution in [0.1, 0.15) is 6.42 Å². The van der Waals surface area contributed by atoms with Gasteiger partial charge in [0.15, 0.2) is 0 Å². The Morgan fingerprint density at radius 1 is 1.31 bits per heavy atom. The number of nitrogens with two attached hydrogens (primary N) is 1. The number of rotatable bonds is 3. The highest BCUT2D eigenvalue weighted by Crippen LogP contribution is 2.29. The third-order valence-corrected chi connectivity index (χ3v) is 1.99. The van der Waals surface area contributed by atoms with Crippen molar-refractivity contribution in [1.29, 1.82) is 0 Å². The smallest absolute Gasteiger partial charge is 0.392 e. The number of hydrogen-bond acceptors (Lipinski definition) is 2. The van der Waals surface area contributed by atoms with Crippen molar-refractivity contribution in [1.82, 2.24) is 0 Å². The zero-order valence-electron chi connectivity index (χ0n) is 7.94. The summed E-state index contributed by atoms with van der Waals surface area (Å²) in [5.41, 5.74) is 5.24. The summed E-state index contributed by atoms with van der Waals surface area (Å²) in [6.45, 7) is -0.588. The van der Waals surface area contributed by atoms with Gasteiger partial charge in [0.25, 0.3) is 0 Å². The van der Waals surface area contributed by atoms with E-state index in [1.807, 2.05) is 0 Å². The average Bonchev–Trinajstić information content (AvgIpc) is 2.11. The van der Waals surface area contributed by atoms with E-state index in [1.165, 1.54) is 0 Å². The summed E-state index contributed by atoms with van der Waals surface area (Å²) in [6, 6.07) is 1.94. The quantitative estimate of drug-likeness (QED) is 0.665. The van der Waals surface area contributed by atoms with Crippen LogP contribution in [0.2, 0.25) is 5.02 Å². The molecule has 0 spiro atoms. The Hall–Kier alpha value is -1.17. The van der Waals surface area contributed by atoms with Gasteiger partial charge in [0.1, 0.15) is 11.6 Å². The number of anilines is 1. The summed E-state index contributed by atoms with van der Waals surface area (Å²) in [4.78, 5) is 0. The summed E-state index contributed by atoms with van der Waals surface area (Å²) >= 11 is 5.42. The highest BCUT2D eigenvalue weighted by Gasteiger charge is 2.27. The Labute approximate surface area is 93.9 Å². The topological polar surface area (TPSA) is 35.2 Å². The van der Waals surface area contributed by atoms with Gasteiger partial charge in [-0.05, 0) is 0 Å². The highest BCUT2D eigenvalue weighted by molar-refractivity contribution is 6.31. The van der Waals surface area contributed by atoms with E-state index < -0.39 is 25.0 Å². The fourth-order valence-corrected chi connectivity index (χ4v) is 1.10. The lowest BCUT2D eigenvalue weighted by atomic mass is 10.3. The molecule has 0 unspecified atom stereocenters. The second-order valence-corrected chi connectivity index (χ2v) is 3.42. The number of nitrogen functional groups attached to an aromatic ring is 1. The molecule has 2 nitrogen and oxygen atoms in total. The predicted octanol–water partition coefficient (Wildman–Crippen LogP) is 3.39. The van der Waals surface area contributed by atoms with Crippen molar-refractivity contribution < 1.29 is 22.3 Å². The first-order chi connectivity index (χ1) is 7.29. The second-order valence-electron chi connectivity index (χ2n) is 3.02. The molecular weight excluding hydrogens is 250 g/mol. The molecule has 0 saturated carbocycles. The van der Waals surface area contributed by atoms with E-state index in [2.05, 4.69) is 0 Å². The normalized spacial score (nSPS) is 11.6. The van der Waals surface area contributed by atoms with Crippen LogP contribution in [0.4, 0.5) is 23.2 Å². The highest BCUT2D eigenvalue weighted by atomic mass is 35.5. The van der Waals surface area contributed by atoms with E-state index in [4.69, 9.17) is 22.1 Å². The van der Waals surface area contributed by atoms with Crippen molar-refractivity contribution in [2.45, 2.75) is 12.6 Å². The summed E-state index contributed by atoms with van der Waals surface area (Å²) in [7, 11) is 0. The summed E-state index contributed by atoms with van der Waals surface area (Å²) in [5, 5.41) is -0.254. The minimum Gasteiger partial charge on any atom is -0.491 e. The van der Waals surface area contributed by atoms with Gasteiger partial charge in [0.2, 0.25) is 0 Å². The van der Waals surface area contributed by atoms with Crippen LogP contribution in [-0.2, 0) is 0 Å². The van der Waals surface area contributed by atoms with Crippen molar-refractivity contribution in [3.05, 3.63) is 23.0 Å². The Kier molecular flexibility index (Phi) is 3.85. The molecule has 1 aromatic rings. The molecule has 0 bridgehead atoms. The molecule has 2 N–H and O–H groups in total.